The summed E-state index contributed by atoms with van der Waals surface area (Å²) in [6.07, 6.45) is 1.51. The molecule has 22 heteroatoms. The molecule has 0 spiro atoms. The van der Waals surface area contributed by atoms with Crippen LogP contribution < -0.4 is 20.7 Å². The van der Waals surface area contributed by atoms with Crippen molar-refractivity contribution in [2.45, 2.75) is 137 Å². The van der Waals surface area contributed by atoms with Gasteiger partial charge in [-0.25, -0.2) is 14.8 Å². The van der Waals surface area contributed by atoms with Gasteiger partial charge in [-0.1, -0.05) is 67.4 Å². The number of aliphatic hydroxyl groups excluding tert-OH is 6. The maximum Gasteiger partial charge on any atom is 0.355 e. The highest BCUT2D eigenvalue weighted by atomic mass is 16.8. The van der Waals surface area contributed by atoms with Crippen molar-refractivity contribution in [3.63, 3.8) is 0 Å². The second kappa shape index (κ2) is 24.0. The number of aryl methyl sites for hydroxylation is 2. The molecule has 458 valence electrons. The topological polar surface area (TPSA) is 378 Å². The second-order valence-corrected chi connectivity index (χ2v) is 24.0. The van der Waals surface area contributed by atoms with Crippen LogP contribution in [0.2, 0.25) is 0 Å². The number of nitrogens with zero attached hydrogens (tertiary/aromatic N) is 3. The molecule has 2 saturated carbocycles. The summed E-state index contributed by atoms with van der Waals surface area (Å²) in [6, 6.07) is 20.5. The van der Waals surface area contributed by atoms with Crippen molar-refractivity contribution < 1.29 is 80.3 Å². The predicted octanol–water partition coefficient (Wildman–Crippen LogP) is 3.97. The summed E-state index contributed by atoms with van der Waals surface area (Å²) in [5, 5.41) is 143. The third-order valence-electron chi connectivity index (χ3n) is 19.5. The van der Waals surface area contributed by atoms with Crippen LogP contribution in [-0.4, -0.2) is 151 Å². The van der Waals surface area contributed by atoms with Crippen LogP contribution in [0, 0.1) is 29.6 Å². The fourth-order valence-electron chi connectivity index (χ4n) is 15.6. The molecule has 1 amide bonds. The van der Waals surface area contributed by atoms with E-state index in [0.29, 0.717) is 93.1 Å². The summed E-state index contributed by atoms with van der Waals surface area (Å²) in [4.78, 5) is 44.0. The van der Waals surface area contributed by atoms with E-state index in [9.17, 15) is 61.3 Å². The number of hydrogen-bond donors (Lipinski definition) is 15. The van der Waals surface area contributed by atoms with E-state index in [2.05, 4.69) is 20.3 Å². The number of phenolic OH excluding ortho intramolecular Hbond substituents is 4. The highest BCUT2D eigenvalue weighted by Gasteiger charge is 2.72. The molecular formula is C64H76N6O16. The minimum atomic E-state index is -3.36. The van der Waals surface area contributed by atoms with Gasteiger partial charge in [0.1, 0.15) is 29.8 Å². The number of imidazole rings is 1. The van der Waals surface area contributed by atoms with Crippen molar-refractivity contribution >= 4 is 29.6 Å². The summed E-state index contributed by atoms with van der Waals surface area (Å²) in [6.45, 7) is 1.30. The zero-order chi connectivity index (χ0) is 61.0. The normalized spacial score (nSPS) is 31.4. The summed E-state index contributed by atoms with van der Waals surface area (Å²) < 4.78 is 11.2. The lowest BCUT2D eigenvalue weighted by atomic mass is 9.44. The fraction of sp³-hybridized carbons (Fsp3) is 0.469. The number of ether oxygens (including phenoxy) is 2. The van der Waals surface area contributed by atoms with E-state index < -0.39 is 113 Å². The van der Waals surface area contributed by atoms with Crippen molar-refractivity contribution in [1.82, 2.24) is 15.3 Å². The van der Waals surface area contributed by atoms with Gasteiger partial charge in [0.05, 0.1) is 37.0 Å². The number of carboxylic acids is 1. The number of amides is 1. The van der Waals surface area contributed by atoms with Crippen molar-refractivity contribution in [3.8, 4) is 28.7 Å². The van der Waals surface area contributed by atoms with Crippen molar-refractivity contribution in [3.05, 3.63) is 142 Å². The zero-order valence-corrected chi connectivity index (χ0v) is 47.6. The Morgan fingerprint density at radius 3 is 2.44 bits per heavy atom. The van der Waals surface area contributed by atoms with E-state index in [1.165, 1.54) is 18.2 Å². The number of phenols is 4. The molecule has 1 saturated heterocycles. The number of aromatic nitrogens is 2. The first kappa shape index (κ1) is 60.2. The molecule has 5 aromatic rings. The number of fused-ring (bicyclic) bond motifs is 6. The fourth-order valence-corrected chi connectivity index (χ4v) is 15.6. The Bertz CT molecular complexity index is 3440. The van der Waals surface area contributed by atoms with Crippen molar-refractivity contribution in [2.75, 3.05) is 24.7 Å². The summed E-state index contributed by atoms with van der Waals surface area (Å²) >= 11 is 0. The number of benzene rings is 4. The third-order valence-corrected chi connectivity index (χ3v) is 19.5. The van der Waals surface area contributed by atoms with Crippen molar-refractivity contribution in [1.29, 1.82) is 0 Å². The lowest BCUT2D eigenvalue weighted by molar-refractivity contribution is -0.422. The van der Waals surface area contributed by atoms with E-state index in [4.69, 9.17) is 15.2 Å². The lowest BCUT2D eigenvalue weighted by Gasteiger charge is -2.59. The number of aliphatic hydroxyl groups is 7. The standard InChI is InChI=1S/C64H76N6O16/c1-2-42-43(69-32-68-42)25-38-24-33(14-20-45(38)73)15-21-50(76)70-44-27-48(85-64(84)59(81)58(80)56(78)49(31-72)86-64)55(77)57(79)51(44)54-53(63-39(11-7-12-40(63)30-71)19-18-36-10-6-13-46(74)52(36)63)41(28-62(54,70)60(82)83)37-17-16-35(47(75)26-37)22-23-66-61(65)67-29-34-8-4-3-5-9-34/h3-6,8-10,13-15,20-21,24,27-28,32,35,37,39-40,47,49,53-54,56,58-59,71-75,77-81,84H,2,7,11-12,16-19,22-23,25-26,29-31H2,1H3,(H,68,69)(H,82,83)(H3,65,66,67)/b21-15+/t35-,37+,39-,40-,47-,49-,53-,54+,56-,58+,59-,62-,63+,64+/m1/s1. The number of carboxylic acid groups (broad SMARTS) is 1. The number of carbonyl (C=O) groups excluding carboxylic acids is 1. The second-order valence-electron chi connectivity index (χ2n) is 24.0. The van der Waals surface area contributed by atoms with Crippen LogP contribution >= 0.6 is 0 Å². The minimum Gasteiger partial charge on any atom is -0.508 e. The maximum atomic E-state index is 15.8. The molecular weight excluding hydrogens is 1110 g/mol. The highest BCUT2D eigenvalue weighted by Crippen LogP contribution is 2.73. The number of nitrogens with one attached hydrogen (secondary N) is 2. The highest BCUT2D eigenvalue weighted by molar-refractivity contribution is 6.14. The number of aromatic hydroxyl groups is 4. The van der Waals surface area contributed by atoms with Gasteiger partial charge in [-0.2, -0.15) is 0 Å². The number of hydrogen-bond acceptors (Lipinski definition) is 17. The van der Waals surface area contributed by atoms with Crippen LogP contribution in [0.15, 0.2) is 102 Å². The van der Waals surface area contributed by atoms with Crippen LogP contribution in [0.4, 0.5) is 5.69 Å². The van der Waals surface area contributed by atoms with Crippen LogP contribution in [0.3, 0.4) is 0 Å². The molecule has 4 aliphatic carbocycles. The van der Waals surface area contributed by atoms with E-state index in [-0.39, 0.29) is 53.4 Å². The SMILES string of the molecule is CCc1nc[nH]c1Cc1cc(/C=C/C(=O)N2c3cc(O[C@]4(O)O[C@H](CO)[C@@H](O)[C@H](O)[C@H]4O)c(O)c(O)c3[C@H]3[C@H]([C@@]45c6c(O)cccc6CC[C@H]4CCC[C@@H]5CO)C([C@H]4CC[C@H](CCNC(N)=NCc5ccccc5)[C@H](O)C4)=C[C@]32C(=O)O)ccc1O. The molecule has 3 heterocycles. The molecule has 86 heavy (non-hydrogen) atoms. The van der Waals surface area contributed by atoms with E-state index in [0.717, 1.165) is 39.6 Å². The molecule has 1 aromatic heterocycles. The molecule has 14 atom stereocenters. The van der Waals surface area contributed by atoms with Gasteiger partial charge in [0.25, 0.3) is 5.91 Å². The Balaban J connectivity index is 1.07. The number of rotatable bonds is 17. The molecule has 22 nitrogen and oxygen atoms in total. The Labute approximate surface area is 496 Å². The molecule has 0 radical (unpaired) electrons. The maximum absolute atomic E-state index is 15.8. The number of aromatic amines is 1. The molecule has 2 aliphatic heterocycles. The number of aliphatic imine (C=N–C) groups is 1. The van der Waals surface area contributed by atoms with Crippen LogP contribution in [0.5, 0.6) is 28.7 Å². The van der Waals surface area contributed by atoms with Gasteiger partial charge in [-0.3, -0.25) is 9.69 Å². The number of anilines is 1. The van der Waals surface area contributed by atoms with E-state index in [1.807, 2.05) is 43.3 Å². The number of allylic oxidation sites excluding steroid dienone is 1. The van der Waals surface area contributed by atoms with Gasteiger partial charge in [0.2, 0.25) is 5.75 Å². The molecule has 3 fully saturated rings. The average Bonchev–Trinajstić information content (AvgIpc) is 1.46. The minimum absolute atomic E-state index is 0.0359. The first-order chi connectivity index (χ1) is 41.3. The van der Waals surface area contributed by atoms with Gasteiger partial charge in [0, 0.05) is 71.3 Å². The molecule has 4 aromatic carbocycles. The summed E-state index contributed by atoms with van der Waals surface area (Å²) in [5.41, 5.74) is 7.04. The average molecular weight is 1190 g/mol. The molecule has 0 unspecified atom stereocenters. The molecule has 16 N–H and O–H groups in total. The van der Waals surface area contributed by atoms with Gasteiger partial charge >= 0.3 is 11.9 Å². The number of aliphatic carboxylic acids is 1. The molecule has 0 bridgehead atoms. The Morgan fingerprint density at radius 2 is 1.71 bits per heavy atom. The Hall–Kier alpha value is -7.54. The number of H-pyrrole nitrogens is 1. The number of guanidine groups is 1. The largest absolute Gasteiger partial charge is 0.508 e. The third kappa shape index (κ3) is 10.2. The smallest absolute Gasteiger partial charge is 0.355 e. The van der Waals surface area contributed by atoms with Gasteiger partial charge < -0.3 is 86.8 Å². The van der Waals surface area contributed by atoms with E-state index >= 15 is 9.59 Å². The molecule has 11 rings (SSSR count). The van der Waals surface area contributed by atoms with Crippen LogP contribution in [0.25, 0.3) is 6.08 Å². The van der Waals surface area contributed by atoms with Gasteiger partial charge in [0.15, 0.2) is 29.1 Å². The summed E-state index contributed by atoms with van der Waals surface area (Å²) in [7, 11) is 0. The molecule has 6 aliphatic rings. The number of carbonyl (C=O) groups is 2. The predicted molar refractivity (Wildman–Crippen MR) is 313 cm³/mol. The van der Waals surface area contributed by atoms with E-state index in [1.54, 1.807) is 30.6 Å². The Morgan fingerprint density at radius 1 is 0.919 bits per heavy atom. The number of nitrogens with two attached hydrogens (primary N) is 1. The zero-order valence-electron chi connectivity index (χ0n) is 47.6. The van der Waals surface area contributed by atoms with Gasteiger partial charge in [-0.05, 0) is 129 Å². The first-order valence-corrected chi connectivity index (χ1v) is 29.6. The quantitative estimate of drug-likeness (QED) is 0.0156. The monoisotopic (exact) mass is 1180 g/mol. The van der Waals surface area contributed by atoms with Crippen LogP contribution in [-0.2, 0) is 45.5 Å². The first-order valence-electron chi connectivity index (χ1n) is 29.6. The summed E-state index contributed by atoms with van der Waals surface area (Å²) in [5.74, 6) is -13.3. The Kier molecular flexibility index (Phi) is 16.8. The van der Waals surface area contributed by atoms with Crippen molar-refractivity contribution in [2.24, 2.45) is 40.3 Å². The van der Waals surface area contributed by atoms with Gasteiger partial charge in [-0.15, -0.1) is 0 Å². The lowest BCUT2D eigenvalue weighted by Crippen LogP contribution is -2.67. The van der Waals surface area contributed by atoms with Crippen LogP contribution in [0.1, 0.15) is 109 Å².